The molecule has 0 aromatic heterocycles. The van der Waals surface area contributed by atoms with Gasteiger partial charge in [0.25, 0.3) is 5.91 Å². The zero-order valence-electron chi connectivity index (χ0n) is 13.2. The van der Waals surface area contributed by atoms with Crippen molar-refractivity contribution >= 4 is 11.8 Å². The van der Waals surface area contributed by atoms with Gasteiger partial charge in [-0.25, -0.2) is 0 Å². The third-order valence-corrected chi connectivity index (χ3v) is 4.11. The number of piperazine rings is 1. The van der Waals surface area contributed by atoms with Crippen LogP contribution in [0.4, 0.5) is 0 Å². The first-order valence-corrected chi connectivity index (χ1v) is 7.60. The van der Waals surface area contributed by atoms with Crippen molar-refractivity contribution in [2.45, 2.75) is 45.7 Å². The minimum absolute atomic E-state index is 0.0196. The van der Waals surface area contributed by atoms with E-state index in [0.29, 0.717) is 6.54 Å². The number of rotatable bonds is 4. The number of nitrogens with one attached hydrogen (secondary N) is 1. The Morgan fingerprint density at radius 2 is 1.86 bits per heavy atom. The van der Waals surface area contributed by atoms with Gasteiger partial charge in [-0.05, 0) is 24.8 Å². The van der Waals surface area contributed by atoms with Gasteiger partial charge in [-0.15, -0.1) is 0 Å². The summed E-state index contributed by atoms with van der Waals surface area (Å²) in [5.74, 6) is 0.0130. The second kappa shape index (κ2) is 5.88. The van der Waals surface area contributed by atoms with Crippen molar-refractivity contribution in [3.63, 3.8) is 0 Å². The minimum atomic E-state index is -0.973. The first-order valence-electron chi connectivity index (χ1n) is 7.60. The molecule has 2 amide bonds. The second-order valence-corrected chi connectivity index (χ2v) is 6.17. The van der Waals surface area contributed by atoms with Gasteiger partial charge in [0.2, 0.25) is 5.91 Å². The summed E-state index contributed by atoms with van der Waals surface area (Å²) >= 11 is 0. The van der Waals surface area contributed by atoms with E-state index in [1.165, 1.54) is 0 Å². The molecule has 4 nitrogen and oxygen atoms in total. The molecule has 0 aliphatic carbocycles. The van der Waals surface area contributed by atoms with Gasteiger partial charge in [-0.3, -0.25) is 9.59 Å². The lowest BCUT2D eigenvalue weighted by Crippen LogP contribution is -2.68. The maximum Gasteiger partial charge on any atom is 0.253 e. The van der Waals surface area contributed by atoms with Gasteiger partial charge in [0, 0.05) is 6.54 Å². The third kappa shape index (κ3) is 2.67. The smallest absolute Gasteiger partial charge is 0.253 e. The Labute approximate surface area is 126 Å². The fraction of sp³-hybridized carbons (Fsp3) is 0.529. The molecule has 0 spiro atoms. The summed E-state index contributed by atoms with van der Waals surface area (Å²) in [5.41, 5.74) is -0.148. The number of nitrogens with zero attached hydrogens (tertiary/aromatic N) is 1. The van der Waals surface area contributed by atoms with Gasteiger partial charge < -0.3 is 10.2 Å². The van der Waals surface area contributed by atoms with Crippen molar-refractivity contribution < 1.29 is 9.59 Å². The summed E-state index contributed by atoms with van der Waals surface area (Å²) in [4.78, 5) is 27.3. The van der Waals surface area contributed by atoms with E-state index in [-0.39, 0.29) is 23.8 Å². The van der Waals surface area contributed by atoms with E-state index in [9.17, 15) is 9.59 Å². The second-order valence-electron chi connectivity index (χ2n) is 6.17. The number of benzene rings is 1. The molecule has 4 heteroatoms. The Kier molecular flexibility index (Phi) is 4.35. The number of carbonyl (C=O) groups excluding carboxylic acids is 2. The van der Waals surface area contributed by atoms with Crippen molar-refractivity contribution in [1.29, 1.82) is 0 Å². The van der Waals surface area contributed by atoms with Crippen LogP contribution in [-0.2, 0) is 15.1 Å². The molecule has 0 bridgehead atoms. The van der Waals surface area contributed by atoms with Crippen LogP contribution in [-0.4, -0.2) is 29.3 Å². The molecule has 1 fully saturated rings. The molecular weight excluding hydrogens is 264 g/mol. The lowest BCUT2D eigenvalue weighted by Gasteiger charge is -2.46. The third-order valence-electron chi connectivity index (χ3n) is 4.11. The fourth-order valence-corrected chi connectivity index (χ4v) is 3.04. The lowest BCUT2D eigenvalue weighted by atomic mass is 9.84. The molecule has 2 atom stereocenters. The predicted molar refractivity (Wildman–Crippen MR) is 82.6 cm³/mol. The molecule has 1 aromatic rings. The molecule has 114 valence electrons. The molecule has 1 heterocycles. The zero-order valence-corrected chi connectivity index (χ0v) is 13.2. The topological polar surface area (TPSA) is 49.4 Å². The van der Waals surface area contributed by atoms with E-state index in [1.807, 2.05) is 51.1 Å². The molecule has 1 aromatic carbocycles. The summed E-state index contributed by atoms with van der Waals surface area (Å²) in [6.45, 7) is 8.38. The van der Waals surface area contributed by atoms with Crippen molar-refractivity contribution in [2.75, 3.05) is 6.54 Å². The van der Waals surface area contributed by atoms with Crippen LogP contribution in [0, 0.1) is 5.92 Å². The first kappa shape index (κ1) is 15.5. The summed E-state index contributed by atoms with van der Waals surface area (Å²) in [6, 6.07) is 9.07. The van der Waals surface area contributed by atoms with Crippen molar-refractivity contribution in [3.8, 4) is 0 Å². The van der Waals surface area contributed by atoms with Crippen molar-refractivity contribution in [3.05, 3.63) is 35.9 Å². The Morgan fingerprint density at radius 3 is 2.38 bits per heavy atom. The van der Waals surface area contributed by atoms with E-state index >= 15 is 0 Å². The summed E-state index contributed by atoms with van der Waals surface area (Å²) < 4.78 is 0. The quantitative estimate of drug-likeness (QED) is 0.924. The van der Waals surface area contributed by atoms with Crippen molar-refractivity contribution in [2.24, 2.45) is 5.92 Å². The molecule has 0 radical (unpaired) electrons. The van der Waals surface area contributed by atoms with Gasteiger partial charge in [0.05, 0.1) is 0 Å². The number of hydrogen-bond donors (Lipinski definition) is 1. The van der Waals surface area contributed by atoms with E-state index in [1.54, 1.807) is 11.8 Å². The number of hydrogen-bond acceptors (Lipinski definition) is 2. The molecule has 0 saturated carbocycles. The van der Waals surface area contributed by atoms with Gasteiger partial charge in [0.1, 0.15) is 11.6 Å². The van der Waals surface area contributed by atoms with E-state index < -0.39 is 5.54 Å². The SMILES string of the molecule is CCCN1C(=O)C(C)(c2ccccc2)NC(=O)C1C(C)C. The van der Waals surface area contributed by atoms with Crippen LogP contribution in [0.25, 0.3) is 0 Å². The molecule has 1 saturated heterocycles. The number of carbonyl (C=O) groups is 2. The Balaban J connectivity index is 2.43. The largest absolute Gasteiger partial charge is 0.336 e. The maximum absolute atomic E-state index is 13.0. The van der Waals surface area contributed by atoms with Crippen LogP contribution in [0.1, 0.15) is 39.7 Å². The average molecular weight is 288 g/mol. The first-order chi connectivity index (χ1) is 9.91. The van der Waals surface area contributed by atoms with Crippen LogP contribution in [0.15, 0.2) is 30.3 Å². The fourth-order valence-electron chi connectivity index (χ4n) is 3.04. The van der Waals surface area contributed by atoms with Crippen LogP contribution in [0.5, 0.6) is 0 Å². The van der Waals surface area contributed by atoms with Crippen LogP contribution in [0.2, 0.25) is 0 Å². The highest BCUT2D eigenvalue weighted by Gasteiger charge is 2.49. The number of amides is 2. The molecule has 21 heavy (non-hydrogen) atoms. The molecule has 2 unspecified atom stereocenters. The molecule has 1 aliphatic rings. The van der Waals surface area contributed by atoms with Gasteiger partial charge in [-0.1, -0.05) is 51.1 Å². The highest BCUT2D eigenvalue weighted by atomic mass is 16.2. The molecule has 1 N–H and O–H groups in total. The van der Waals surface area contributed by atoms with Gasteiger partial charge >= 0.3 is 0 Å². The van der Waals surface area contributed by atoms with Crippen LogP contribution >= 0.6 is 0 Å². The molecular formula is C17H24N2O2. The Bertz CT molecular complexity index is 527. The molecule has 2 rings (SSSR count). The Hall–Kier alpha value is -1.84. The normalized spacial score (nSPS) is 26.1. The van der Waals surface area contributed by atoms with Gasteiger partial charge in [-0.2, -0.15) is 0 Å². The van der Waals surface area contributed by atoms with Crippen LogP contribution in [0.3, 0.4) is 0 Å². The summed E-state index contributed by atoms with van der Waals surface area (Å²) in [5, 5.41) is 2.95. The highest BCUT2D eigenvalue weighted by Crippen LogP contribution is 2.30. The predicted octanol–water partition coefficient (Wildman–Crippen LogP) is 2.29. The highest BCUT2D eigenvalue weighted by molar-refractivity contribution is 6.00. The standard InChI is InChI=1S/C17H24N2O2/c1-5-11-19-14(12(2)3)15(20)18-17(4,16(19)21)13-9-7-6-8-10-13/h6-10,12,14H,5,11H2,1-4H3,(H,18,20). The van der Waals surface area contributed by atoms with E-state index in [2.05, 4.69) is 5.32 Å². The maximum atomic E-state index is 13.0. The summed E-state index contributed by atoms with van der Waals surface area (Å²) in [7, 11) is 0. The average Bonchev–Trinajstić information content (AvgIpc) is 2.45. The minimum Gasteiger partial charge on any atom is -0.336 e. The zero-order chi connectivity index (χ0) is 15.6. The lowest BCUT2D eigenvalue weighted by molar-refractivity contribution is -0.156. The van der Waals surface area contributed by atoms with Crippen LogP contribution < -0.4 is 5.32 Å². The Morgan fingerprint density at radius 1 is 1.24 bits per heavy atom. The van der Waals surface area contributed by atoms with Crippen molar-refractivity contribution in [1.82, 2.24) is 10.2 Å². The monoisotopic (exact) mass is 288 g/mol. The van der Waals surface area contributed by atoms with Gasteiger partial charge in [0.15, 0.2) is 0 Å². The van der Waals surface area contributed by atoms with E-state index in [0.717, 1.165) is 12.0 Å². The molecule has 1 aliphatic heterocycles. The van der Waals surface area contributed by atoms with E-state index in [4.69, 9.17) is 0 Å². The summed E-state index contributed by atoms with van der Waals surface area (Å²) in [6.07, 6.45) is 0.840.